The molecule has 0 saturated heterocycles. The van der Waals surface area contributed by atoms with Gasteiger partial charge in [0.1, 0.15) is 11.2 Å². The molecule has 3 heterocycles. The van der Waals surface area contributed by atoms with Crippen molar-refractivity contribution in [1.82, 2.24) is 20.2 Å². The molecule has 1 fully saturated rings. The number of carbonyl (C=O) groups excluding carboxylic acids is 2. The minimum Gasteiger partial charge on any atom is -0.406 e. The summed E-state index contributed by atoms with van der Waals surface area (Å²) in [6.45, 7) is 13.5. The van der Waals surface area contributed by atoms with E-state index in [1.165, 1.54) is 21.7 Å². The Bertz CT molecular complexity index is 2050. The second kappa shape index (κ2) is 14.0. The zero-order valence-corrected chi connectivity index (χ0v) is 33.2. The van der Waals surface area contributed by atoms with Crippen LogP contribution in [0.1, 0.15) is 84.7 Å². The normalized spacial score (nSPS) is 19.9. The molecule has 3 aromatic carbocycles. The van der Waals surface area contributed by atoms with Crippen LogP contribution >= 0.6 is 22.9 Å². The van der Waals surface area contributed by atoms with Crippen LogP contribution in [0.25, 0.3) is 10.9 Å². The van der Waals surface area contributed by atoms with Gasteiger partial charge >= 0.3 is 0 Å². The van der Waals surface area contributed by atoms with Crippen molar-refractivity contribution < 1.29 is 14.0 Å². The van der Waals surface area contributed by atoms with Gasteiger partial charge in [-0.2, -0.15) is 0 Å². The molecule has 7 rings (SSSR count). The standard InChI is InChI=1S/C41H48ClN5O3SSi/c1-39(2,3)52(29-13-8-6-9-14-29,30-15-10-7-11-16-30)50-26-40(4,5)47-22-20-32-34(25-47)51-38(45-32)36(48)41(43)21-12-17-35(41)46-37(49)33-24-27-23-28(42)18-19-31(27)44-33/h6-11,13-16,18-19,23-24,35,44H,12,17,20-22,25-26,43H2,1-5H3,(H,46,49). The van der Waals surface area contributed by atoms with Gasteiger partial charge in [-0.1, -0.05) is 93.0 Å². The van der Waals surface area contributed by atoms with Crippen molar-refractivity contribution in [2.75, 3.05) is 13.2 Å². The minimum atomic E-state index is -2.71. The number of thiazole rings is 1. The Balaban J connectivity index is 1.07. The van der Waals surface area contributed by atoms with Crippen LogP contribution in [-0.4, -0.2) is 65.1 Å². The molecule has 2 unspecified atom stereocenters. The van der Waals surface area contributed by atoms with Gasteiger partial charge in [0.2, 0.25) is 5.78 Å². The molecule has 5 aromatic rings. The number of nitrogens with one attached hydrogen (secondary N) is 2. The summed E-state index contributed by atoms with van der Waals surface area (Å²) in [7, 11) is -2.71. The van der Waals surface area contributed by atoms with Crippen LogP contribution in [0.5, 0.6) is 0 Å². The number of Topliss-reactive ketones (excluding diaryl/α,β-unsaturated/α-hetero) is 1. The van der Waals surface area contributed by atoms with Gasteiger partial charge in [0.05, 0.1) is 18.3 Å². The fourth-order valence-corrected chi connectivity index (χ4v) is 14.2. The summed E-state index contributed by atoms with van der Waals surface area (Å²) in [6.07, 6.45) is 2.60. The molecule has 11 heteroatoms. The predicted molar refractivity (Wildman–Crippen MR) is 214 cm³/mol. The average molecular weight is 754 g/mol. The third-order valence-corrected chi connectivity index (χ3v) is 17.4. The second-order valence-electron chi connectivity index (χ2n) is 16.0. The quantitative estimate of drug-likeness (QED) is 0.106. The van der Waals surface area contributed by atoms with E-state index >= 15 is 0 Å². The number of benzene rings is 3. The Labute approximate surface area is 316 Å². The van der Waals surface area contributed by atoms with Gasteiger partial charge in [-0.05, 0) is 72.8 Å². The van der Waals surface area contributed by atoms with E-state index in [0.717, 1.165) is 40.9 Å². The lowest BCUT2D eigenvalue weighted by Crippen LogP contribution is -2.68. The highest BCUT2D eigenvalue weighted by molar-refractivity contribution is 7.13. The molecule has 0 bridgehead atoms. The lowest BCUT2D eigenvalue weighted by Gasteiger charge is -2.47. The smallest absolute Gasteiger partial charge is 0.268 e. The van der Waals surface area contributed by atoms with Gasteiger partial charge < -0.3 is 20.5 Å². The van der Waals surface area contributed by atoms with Crippen molar-refractivity contribution in [1.29, 1.82) is 0 Å². The molecular weight excluding hydrogens is 706 g/mol. The Kier molecular flexibility index (Phi) is 9.86. The van der Waals surface area contributed by atoms with E-state index in [1.54, 1.807) is 12.1 Å². The molecule has 1 aliphatic carbocycles. The highest BCUT2D eigenvalue weighted by atomic mass is 35.5. The van der Waals surface area contributed by atoms with Gasteiger partial charge in [-0.15, -0.1) is 11.3 Å². The number of hydrogen-bond acceptors (Lipinski definition) is 7. The van der Waals surface area contributed by atoms with Gasteiger partial charge in [0.15, 0.2) is 5.01 Å². The summed E-state index contributed by atoms with van der Waals surface area (Å²) in [4.78, 5) is 39.1. The molecule has 1 amide bonds. The van der Waals surface area contributed by atoms with E-state index in [-0.39, 0.29) is 22.3 Å². The molecule has 8 nitrogen and oxygen atoms in total. The molecule has 4 N–H and O–H groups in total. The number of amides is 1. The zero-order valence-electron chi connectivity index (χ0n) is 30.6. The maximum Gasteiger partial charge on any atom is 0.268 e. The Morgan fingerprint density at radius 2 is 1.71 bits per heavy atom. The van der Waals surface area contributed by atoms with Crippen molar-refractivity contribution in [2.24, 2.45) is 5.73 Å². The molecule has 0 spiro atoms. The van der Waals surface area contributed by atoms with Gasteiger partial charge in [0.25, 0.3) is 14.2 Å². The van der Waals surface area contributed by atoms with E-state index in [1.807, 2.05) is 12.1 Å². The third-order valence-electron chi connectivity index (χ3n) is 11.1. The van der Waals surface area contributed by atoms with Gasteiger partial charge in [-0.3, -0.25) is 14.5 Å². The Morgan fingerprint density at radius 3 is 2.37 bits per heavy atom. The lowest BCUT2D eigenvalue weighted by atomic mass is 9.89. The van der Waals surface area contributed by atoms with E-state index in [2.05, 4.69) is 110 Å². The molecule has 2 aromatic heterocycles. The molecule has 1 saturated carbocycles. The van der Waals surface area contributed by atoms with E-state index in [4.69, 9.17) is 26.7 Å². The number of H-pyrrole nitrogens is 1. The van der Waals surface area contributed by atoms with Crippen LogP contribution in [0.2, 0.25) is 10.1 Å². The average Bonchev–Trinajstić information content (AvgIpc) is 3.85. The second-order valence-corrected chi connectivity index (χ2v) is 21.9. The zero-order chi connectivity index (χ0) is 36.9. The number of carbonyl (C=O) groups is 2. The van der Waals surface area contributed by atoms with Crippen molar-refractivity contribution in [2.45, 2.75) is 89.0 Å². The van der Waals surface area contributed by atoms with Crippen LogP contribution in [-0.2, 0) is 17.4 Å². The van der Waals surface area contributed by atoms with E-state index in [0.29, 0.717) is 41.7 Å². The molecule has 52 heavy (non-hydrogen) atoms. The molecule has 2 atom stereocenters. The number of aromatic nitrogens is 2. The first kappa shape index (κ1) is 36.7. The lowest BCUT2D eigenvalue weighted by molar-refractivity contribution is 0.0530. The number of fused-ring (bicyclic) bond motifs is 2. The predicted octanol–water partition coefficient (Wildman–Crippen LogP) is 6.85. The summed E-state index contributed by atoms with van der Waals surface area (Å²) in [5.74, 6) is -0.489. The van der Waals surface area contributed by atoms with Crippen molar-refractivity contribution in [3.05, 3.63) is 111 Å². The number of nitrogens with zero attached hydrogens (tertiary/aromatic N) is 2. The Morgan fingerprint density at radius 1 is 1.04 bits per heavy atom. The molecule has 1 aliphatic heterocycles. The first-order valence-corrected chi connectivity index (χ1v) is 21.2. The number of hydrogen-bond donors (Lipinski definition) is 3. The monoisotopic (exact) mass is 753 g/mol. The maximum absolute atomic E-state index is 14.2. The van der Waals surface area contributed by atoms with E-state index < -0.39 is 19.9 Å². The summed E-state index contributed by atoms with van der Waals surface area (Å²) in [5.41, 5.74) is 7.59. The highest BCUT2D eigenvalue weighted by Crippen LogP contribution is 2.39. The van der Waals surface area contributed by atoms with Crippen LogP contribution in [0, 0.1) is 0 Å². The van der Waals surface area contributed by atoms with Crippen molar-refractivity contribution >= 4 is 64.2 Å². The summed E-state index contributed by atoms with van der Waals surface area (Å²) in [5, 5.41) is 7.35. The van der Waals surface area contributed by atoms with Crippen LogP contribution < -0.4 is 21.4 Å². The van der Waals surface area contributed by atoms with E-state index in [9.17, 15) is 9.59 Å². The fraction of sp³-hybridized carbons (Fsp3) is 0.390. The van der Waals surface area contributed by atoms with Crippen LogP contribution in [0.15, 0.2) is 84.9 Å². The number of nitrogens with two attached hydrogens (primary N) is 1. The topological polar surface area (TPSA) is 113 Å². The SMILES string of the molecule is CC(C)(CO[Si](c1ccccc1)(c1ccccc1)C(C)(C)C)N1CCc2nc(C(=O)C3(N)CCCC3NC(=O)c3cc4cc(Cl)ccc4[nH]3)sc2C1. The number of rotatable bonds is 10. The first-order valence-electron chi connectivity index (χ1n) is 18.1. The van der Waals surface area contributed by atoms with Crippen molar-refractivity contribution in [3.63, 3.8) is 0 Å². The maximum atomic E-state index is 14.2. The highest BCUT2D eigenvalue weighted by Gasteiger charge is 2.52. The number of ketones is 1. The minimum absolute atomic E-state index is 0.118. The molecule has 272 valence electrons. The number of halogens is 1. The number of aromatic amines is 1. The summed E-state index contributed by atoms with van der Waals surface area (Å²) in [6, 6.07) is 28.2. The van der Waals surface area contributed by atoms with Crippen LogP contribution in [0.3, 0.4) is 0 Å². The van der Waals surface area contributed by atoms with Gasteiger partial charge in [0, 0.05) is 45.9 Å². The molecular formula is C41H48ClN5O3SSi. The summed E-state index contributed by atoms with van der Waals surface area (Å²) < 4.78 is 7.37. The first-order chi connectivity index (χ1) is 24.7. The molecule has 0 radical (unpaired) electrons. The summed E-state index contributed by atoms with van der Waals surface area (Å²) >= 11 is 7.60. The van der Waals surface area contributed by atoms with Crippen LogP contribution in [0.4, 0.5) is 0 Å². The van der Waals surface area contributed by atoms with Gasteiger partial charge in [-0.25, -0.2) is 4.98 Å². The Hall–Kier alpha value is -3.64. The van der Waals surface area contributed by atoms with Crippen molar-refractivity contribution in [3.8, 4) is 0 Å². The fourth-order valence-electron chi connectivity index (χ4n) is 8.11. The molecule has 2 aliphatic rings. The third kappa shape index (κ3) is 6.69. The largest absolute Gasteiger partial charge is 0.406 e.